The zero-order chi connectivity index (χ0) is 13.1. The summed E-state index contributed by atoms with van der Waals surface area (Å²) in [5.74, 6) is -0.290. The maximum absolute atomic E-state index is 11.2. The third-order valence-electron chi connectivity index (χ3n) is 2.95. The number of nitrogens with two attached hydrogens (primary N) is 1. The van der Waals surface area contributed by atoms with Gasteiger partial charge in [-0.25, -0.2) is 0 Å². The Balaban J connectivity index is 2.00. The van der Waals surface area contributed by atoms with Crippen molar-refractivity contribution in [1.29, 1.82) is 0 Å². The maximum Gasteiger partial charge on any atom is 0.307 e. The maximum atomic E-state index is 11.2. The SMILES string of the molecule is COC(=O)CC(N)Cc1ccc2c(c1)CC(=O)N2. The first-order valence-corrected chi connectivity index (χ1v) is 5.82. The highest BCUT2D eigenvalue weighted by Crippen LogP contribution is 2.24. The Morgan fingerprint density at radius 3 is 3.06 bits per heavy atom. The normalized spacial score (nSPS) is 14.9. The molecule has 0 aromatic heterocycles. The van der Waals surface area contributed by atoms with Crippen LogP contribution in [0, 0.1) is 0 Å². The minimum atomic E-state index is -0.305. The van der Waals surface area contributed by atoms with E-state index in [1.54, 1.807) is 0 Å². The summed E-state index contributed by atoms with van der Waals surface area (Å²) in [6, 6.07) is 5.49. The van der Waals surface area contributed by atoms with Crippen LogP contribution >= 0.6 is 0 Å². The second-order valence-corrected chi connectivity index (χ2v) is 4.46. The van der Waals surface area contributed by atoms with E-state index in [1.165, 1.54) is 7.11 Å². The lowest BCUT2D eigenvalue weighted by molar-refractivity contribution is -0.141. The van der Waals surface area contributed by atoms with E-state index < -0.39 is 0 Å². The molecule has 1 atom stereocenters. The molecule has 1 aliphatic heterocycles. The number of amides is 1. The van der Waals surface area contributed by atoms with Crippen molar-refractivity contribution in [2.75, 3.05) is 12.4 Å². The number of hydrogen-bond donors (Lipinski definition) is 2. The van der Waals surface area contributed by atoms with Gasteiger partial charge in [-0.3, -0.25) is 9.59 Å². The molecule has 0 spiro atoms. The van der Waals surface area contributed by atoms with E-state index in [9.17, 15) is 9.59 Å². The Hall–Kier alpha value is -1.88. The fourth-order valence-corrected chi connectivity index (χ4v) is 2.08. The molecule has 3 N–H and O–H groups in total. The first-order valence-electron chi connectivity index (χ1n) is 5.82. The van der Waals surface area contributed by atoms with E-state index >= 15 is 0 Å². The Labute approximate surface area is 105 Å². The van der Waals surface area contributed by atoms with Gasteiger partial charge in [0.1, 0.15) is 0 Å². The lowest BCUT2D eigenvalue weighted by Gasteiger charge is -2.11. The van der Waals surface area contributed by atoms with Crippen molar-refractivity contribution >= 4 is 17.6 Å². The number of benzene rings is 1. The number of rotatable bonds is 4. The van der Waals surface area contributed by atoms with Crippen LogP contribution in [-0.2, 0) is 27.2 Å². The zero-order valence-electron chi connectivity index (χ0n) is 10.2. The van der Waals surface area contributed by atoms with E-state index in [0.717, 1.165) is 16.8 Å². The summed E-state index contributed by atoms with van der Waals surface area (Å²) in [5.41, 5.74) is 8.76. The van der Waals surface area contributed by atoms with Crippen molar-refractivity contribution in [3.63, 3.8) is 0 Å². The smallest absolute Gasteiger partial charge is 0.307 e. The quantitative estimate of drug-likeness (QED) is 0.765. The van der Waals surface area contributed by atoms with Gasteiger partial charge in [0.05, 0.1) is 20.0 Å². The molecule has 1 unspecified atom stereocenters. The first-order chi connectivity index (χ1) is 8.58. The molecule has 0 fully saturated rings. The third-order valence-corrected chi connectivity index (χ3v) is 2.95. The molecule has 5 heteroatoms. The number of anilines is 1. The molecule has 96 valence electrons. The molecule has 1 aromatic rings. The molecule has 5 nitrogen and oxygen atoms in total. The molecular formula is C13H16N2O3. The number of carbonyl (C=O) groups excluding carboxylic acids is 2. The molecule has 1 aromatic carbocycles. The van der Waals surface area contributed by atoms with Crippen LogP contribution in [0.15, 0.2) is 18.2 Å². The van der Waals surface area contributed by atoms with Crippen molar-refractivity contribution < 1.29 is 14.3 Å². The standard InChI is InChI=1S/C13H16N2O3/c1-18-13(17)7-10(14)5-8-2-3-11-9(4-8)6-12(16)15-11/h2-4,10H,5-7,14H2,1H3,(H,15,16). The predicted octanol–water partition coefficient (Wildman–Crippen LogP) is 0.614. The third kappa shape index (κ3) is 2.87. The van der Waals surface area contributed by atoms with Crippen LogP contribution in [0.3, 0.4) is 0 Å². The van der Waals surface area contributed by atoms with Gasteiger partial charge in [0.25, 0.3) is 0 Å². The highest BCUT2D eigenvalue weighted by molar-refractivity contribution is 5.99. The molecule has 0 bridgehead atoms. The Kier molecular flexibility index (Phi) is 3.62. The Morgan fingerprint density at radius 2 is 2.33 bits per heavy atom. The Morgan fingerprint density at radius 1 is 1.56 bits per heavy atom. The minimum absolute atomic E-state index is 0.0148. The van der Waals surface area contributed by atoms with Gasteiger partial charge in [-0.1, -0.05) is 12.1 Å². The fourth-order valence-electron chi connectivity index (χ4n) is 2.08. The summed E-state index contributed by atoms with van der Waals surface area (Å²) in [6.45, 7) is 0. The van der Waals surface area contributed by atoms with E-state index in [1.807, 2.05) is 18.2 Å². The number of methoxy groups -OCH3 is 1. The molecule has 0 radical (unpaired) electrons. The Bertz CT molecular complexity index is 485. The van der Waals surface area contributed by atoms with E-state index in [-0.39, 0.29) is 24.3 Å². The molecule has 2 rings (SSSR count). The highest BCUT2D eigenvalue weighted by Gasteiger charge is 2.18. The topological polar surface area (TPSA) is 81.4 Å². The van der Waals surface area contributed by atoms with Crippen molar-refractivity contribution in [2.45, 2.75) is 25.3 Å². The summed E-state index contributed by atoms with van der Waals surface area (Å²) in [6.07, 6.45) is 1.21. The highest BCUT2D eigenvalue weighted by atomic mass is 16.5. The van der Waals surface area contributed by atoms with Crippen molar-refractivity contribution in [2.24, 2.45) is 5.73 Å². The van der Waals surface area contributed by atoms with Gasteiger partial charge in [0, 0.05) is 11.7 Å². The van der Waals surface area contributed by atoms with Crippen molar-refractivity contribution in [1.82, 2.24) is 0 Å². The number of esters is 1. The van der Waals surface area contributed by atoms with Gasteiger partial charge in [-0.05, 0) is 23.6 Å². The van der Waals surface area contributed by atoms with Crippen LogP contribution in [0.4, 0.5) is 5.69 Å². The lowest BCUT2D eigenvalue weighted by Crippen LogP contribution is -2.26. The number of ether oxygens (including phenoxy) is 1. The number of nitrogens with one attached hydrogen (secondary N) is 1. The van der Waals surface area contributed by atoms with E-state index in [4.69, 9.17) is 5.73 Å². The summed E-state index contributed by atoms with van der Waals surface area (Å²) in [5, 5.41) is 2.77. The van der Waals surface area contributed by atoms with Crippen molar-refractivity contribution in [3.8, 4) is 0 Å². The number of carbonyl (C=O) groups is 2. The molecule has 0 saturated heterocycles. The first kappa shape index (κ1) is 12.6. The van der Waals surface area contributed by atoms with E-state index in [2.05, 4.69) is 10.1 Å². The van der Waals surface area contributed by atoms with Gasteiger partial charge in [0.2, 0.25) is 5.91 Å². The van der Waals surface area contributed by atoms with Gasteiger partial charge >= 0.3 is 5.97 Å². The summed E-state index contributed by atoms with van der Waals surface area (Å²) in [7, 11) is 1.35. The molecule has 0 aliphatic carbocycles. The molecule has 1 aliphatic rings. The summed E-state index contributed by atoms with van der Waals surface area (Å²) >= 11 is 0. The number of fused-ring (bicyclic) bond motifs is 1. The van der Waals surface area contributed by atoms with E-state index in [0.29, 0.717) is 12.8 Å². The minimum Gasteiger partial charge on any atom is -0.469 e. The number of hydrogen-bond acceptors (Lipinski definition) is 4. The average molecular weight is 248 g/mol. The monoisotopic (exact) mass is 248 g/mol. The predicted molar refractivity (Wildman–Crippen MR) is 67.1 cm³/mol. The molecule has 0 saturated carbocycles. The fraction of sp³-hybridized carbons (Fsp3) is 0.385. The molecule has 1 amide bonds. The lowest BCUT2D eigenvalue weighted by atomic mass is 10.0. The van der Waals surface area contributed by atoms with Gasteiger partial charge in [-0.2, -0.15) is 0 Å². The van der Waals surface area contributed by atoms with Gasteiger partial charge < -0.3 is 15.8 Å². The van der Waals surface area contributed by atoms with Crippen LogP contribution in [0.2, 0.25) is 0 Å². The zero-order valence-corrected chi connectivity index (χ0v) is 10.2. The van der Waals surface area contributed by atoms with Gasteiger partial charge in [0.15, 0.2) is 0 Å². The van der Waals surface area contributed by atoms with Crippen molar-refractivity contribution in [3.05, 3.63) is 29.3 Å². The van der Waals surface area contributed by atoms with Crippen LogP contribution in [0.1, 0.15) is 17.5 Å². The molecule has 1 heterocycles. The molecular weight excluding hydrogens is 232 g/mol. The second-order valence-electron chi connectivity index (χ2n) is 4.46. The van der Waals surface area contributed by atoms with Crippen LogP contribution < -0.4 is 11.1 Å². The van der Waals surface area contributed by atoms with Crippen LogP contribution in [0.25, 0.3) is 0 Å². The summed E-state index contributed by atoms with van der Waals surface area (Å²) in [4.78, 5) is 22.3. The second kappa shape index (κ2) is 5.18. The summed E-state index contributed by atoms with van der Waals surface area (Å²) < 4.78 is 4.57. The van der Waals surface area contributed by atoms with Gasteiger partial charge in [-0.15, -0.1) is 0 Å². The van der Waals surface area contributed by atoms with Crippen LogP contribution in [-0.4, -0.2) is 25.0 Å². The molecule has 18 heavy (non-hydrogen) atoms. The van der Waals surface area contributed by atoms with Crippen LogP contribution in [0.5, 0.6) is 0 Å². The largest absolute Gasteiger partial charge is 0.469 e. The average Bonchev–Trinajstić information content (AvgIpc) is 2.68.